The molecule has 3 aliphatic rings. The van der Waals surface area contributed by atoms with Crippen molar-refractivity contribution in [2.75, 3.05) is 51.8 Å². The van der Waals surface area contributed by atoms with Crippen LogP contribution in [0.15, 0.2) is 30.7 Å². The number of rotatable bonds is 7. The molecule has 11 nitrogen and oxygen atoms in total. The topological polar surface area (TPSA) is 105 Å². The second kappa shape index (κ2) is 9.53. The summed E-state index contributed by atoms with van der Waals surface area (Å²) in [5, 5.41) is 4.50. The molecule has 3 fully saturated rings. The number of carbonyl (C=O) groups excluding carboxylic acids is 2. The maximum atomic E-state index is 12.8. The van der Waals surface area contributed by atoms with Gasteiger partial charge in [-0.1, -0.05) is 0 Å². The van der Waals surface area contributed by atoms with E-state index in [1.807, 2.05) is 23.2 Å². The van der Waals surface area contributed by atoms with Gasteiger partial charge in [-0.2, -0.15) is 5.10 Å². The minimum Gasteiger partial charge on any atom is -0.495 e. The highest BCUT2D eigenvalue weighted by Crippen LogP contribution is 2.37. The summed E-state index contributed by atoms with van der Waals surface area (Å²) in [6.07, 6.45) is 8.53. The SMILES string of the molecule is COc1cnc(OC2CC2)c(-c2cnn3ccc(N4CCN(C(=O)C[C@H]5CC(=O)N(C)C5)CC4)nc23)c1. The van der Waals surface area contributed by atoms with Crippen LogP contribution in [0.2, 0.25) is 0 Å². The van der Waals surface area contributed by atoms with Crippen molar-refractivity contribution in [2.45, 2.75) is 31.8 Å². The molecule has 3 aromatic rings. The molecular formula is C26H31N7O4. The number of piperazine rings is 1. The Balaban J connectivity index is 1.18. The summed E-state index contributed by atoms with van der Waals surface area (Å²) in [5.74, 6) is 2.41. The first-order valence-corrected chi connectivity index (χ1v) is 12.8. The van der Waals surface area contributed by atoms with Crippen LogP contribution in [0.4, 0.5) is 5.82 Å². The standard InChI is InChI=1S/C26H31N7O4/c1-30-16-17(11-23(30)34)12-24(35)32-9-7-31(8-10-32)22-5-6-33-25(29-22)21(15-28-33)20-13-19(36-2)14-27-26(20)37-18-3-4-18/h5-6,13-15,17-18H,3-4,7-12,16H2,1-2H3/t17-/m1/s1. The Morgan fingerprint density at radius 3 is 2.65 bits per heavy atom. The number of hydrogen-bond donors (Lipinski definition) is 0. The Kier molecular flexibility index (Phi) is 6.05. The maximum Gasteiger partial charge on any atom is 0.223 e. The second-order valence-electron chi connectivity index (χ2n) is 10.1. The normalized spacial score (nSPS) is 20.1. The van der Waals surface area contributed by atoms with Gasteiger partial charge in [-0.3, -0.25) is 9.59 Å². The van der Waals surface area contributed by atoms with Gasteiger partial charge in [0.05, 0.1) is 30.6 Å². The Labute approximate surface area is 215 Å². The van der Waals surface area contributed by atoms with Gasteiger partial charge < -0.3 is 24.2 Å². The zero-order chi connectivity index (χ0) is 25.5. The molecule has 0 radical (unpaired) electrons. The molecule has 3 aromatic heterocycles. The van der Waals surface area contributed by atoms with Crippen LogP contribution >= 0.6 is 0 Å². The number of hydrogen-bond acceptors (Lipinski definition) is 8. The number of anilines is 1. The van der Waals surface area contributed by atoms with Crippen molar-refractivity contribution in [1.82, 2.24) is 29.4 Å². The van der Waals surface area contributed by atoms with E-state index in [2.05, 4.69) is 15.0 Å². The van der Waals surface area contributed by atoms with E-state index in [0.717, 1.165) is 29.8 Å². The lowest BCUT2D eigenvalue weighted by Gasteiger charge is -2.35. The van der Waals surface area contributed by atoms with Gasteiger partial charge in [-0.25, -0.2) is 14.5 Å². The molecule has 2 aliphatic heterocycles. The fourth-order valence-electron chi connectivity index (χ4n) is 5.05. The van der Waals surface area contributed by atoms with Crippen molar-refractivity contribution in [1.29, 1.82) is 0 Å². The molecule has 11 heteroatoms. The summed E-state index contributed by atoms with van der Waals surface area (Å²) in [4.78, 5) is 39.9. The van der Waals surface area contributed by atoms with Crippen molar-refractivity contribution in [3.8, 4) is 22.8 Å². The highest BCUT2D eigenvalue weighted by atomic mass is 16.5. The highest BCUT2D eigenvalue weighted by molar-refractivity contribution is 5.82. The quantitative estimate of drug-likeness (QED) is 0.479. The van der Waals surface area contributed by atoms with Crippen molar-refractivity contribution in [3.63, 3.8) is 0 Å². The lowest BCUT2D eigenvalue weighted by Crippen LogP contribution is -2.49. The van der Waals surface area contributed by atoms with E-state index in [1.165, 1.54) is 0 Å². The number of ether oxygens (including phenoxy) is 2. The lowest BCUT2D eigenvalue weighted by atomic mass is 10.0. The predicted molar refractivity (Wildman–Crippen MR) is 136 cm³/mol. The Morgan fingerprint density at radius 2 is 1.95 bits per heavy atom. The number of pyridine rings is 1. The maximum absolute atomic E-state index is 12.8. The minimum absolute atomic E-state index is 0.118. The number of methoxy groups -OCH3 is 1. The smallest absolute Gasteiger partial charge is 0.223 e. The van der Waals surface area contributed by atoms with E-state index < -0.39 is 0 Å². The molecule has 0 spiro atoms. The van der Waals surface area contributed by atoms with E-state index in [-0.39, 0.29) is 23.8 Å². The molecule has 0 N–H and O–H groups in total. The van der Waals surface area contributed by atoms with Gasteiger partial charge in [-0.15, -0.1) is 0 Å². The van der Waals surface area contributed by atoms with Gasteiger partial charge in [0.25, 0.3) is 0 Å². The number of aromatic nitrogens is 4. The zero-order valence-electron chi connectivity index (χ0n) is 21.2. The van der Waals surface area contributed by atoms with Gasteiger partial charge in [0, 0.05) is 58.8 Å². The third-order valence-electron chi connectivity index (χ3n) is 7.35. The summed E-state index contributed by atoms with van der Waals surface area (Å²) in [5.41, 5.74) is 2.34. The number of likely N-dealkylation sites (tertiary alicyclic amines) is 1. The van der Waals surface area contributed by atoms with Gasteiger partial charge >= 0.3 is 0 Å². The molecule has 37 heavy (non-hydrogen) atoms. The van der Waals surface area contributed by atoms with Crippen LogP contribution in [0.25, 0.3) is 16.8 Å². The molecule has 6 rings (SSSR count). The first-order chi connectivity index (χ1) is 18.0. The number of amides is 2. The Morgan fingerprint density at radius 1 is 1.14 bits per heavy atom. The average Bonchev–Trinajstić information content (AvgIpc) is 3.54. The number of fused-ring (bicyclic) bond motifs is 1. The van der Waals surface area contributed by atoms with Crippen LogP contribution in [-0.2, 0) is 9.59 Å². The summed E-state index contributed by atoms with van der Waals surface area (Å²) >= 11 is 0. The lowest BCUT2D eigenvalue weighted by molar-refractivity contribution is -0.132. The molecule has 2 amide bonds. The summed E-state index contributed by atoms with van der Waals surface area (Å²) in [7, 11) is 3.41. The summed E-state index contributed by atoms with van der Waals surface area (Å²) in [6.45, 7) is 3.32. The Hall–Kier alpha value is -3.89. The van der Waals surface area contributed by atoms with Crippen LogP contribution in [0, 0.1) is 5.92 Å². The van der Waals surface area contributed by atoms with Crippen molar-refractivity contribution >= 4 is 23.3 Å². The molecule has 0 aromatic carbocycles. The van der Waals surface area contributed by atoms with Crippen LogP contribution in [0.3, 0.4) is 0 Å². The van der Waals surface area contributed by atoms with Crippen molar-refractivity contribution < 1.29 is 19.1 Å². The van der Waals surface area contributed by atoms with E-state index in [1.54, 1.807) is 36.0 Å². The molecule has 2 saturated heterocycles. The Bertz CT molecular complexity index is 1330. The summed E-state index contributed by atoms with van der Waals surface area (Å²) in [6, 6.07) is 3.86. The average molecular weight is 506 g/mol. The molecule has 0 unspecified atom stereocenters. The van der Waals surface area contributed by atoms with Crippen molar-refractivity contribution in [2.24, 2.45) is 5.92 Å². The van der Waals surface area contributed by atoms with E-state index in [4.69, 9.17) is 14.5 Å². The van der Waals surface area contributed by atoms with Crippen LogP contribution in [0.1, 0.15) is 25.7 Å². The highest BCUT2D eigenvalue weighted by Gasteiger charge is 2.31. The first-order valence-electron chi connectivity index (χ1n) is 12.8. The van der Waals surface area contributed by atoms with E-state index in [9.17, 15) is 9.59 Å². The summed E-state index contributed by atoms with van der Waals surface area (Å²) < 4.78 is 13.2. The van der Waals surface area contributed by atoms with Gasteiger partial charge in [0.2, 0.25) is 17.7 Å². The van der Waals surface area contributed by atoms with Crippen molar-refractivity contribution in [3.05, 3.63) is 30.7 Å². The van der Waals surface area contributed by atoms with E-state index in [0.29, 0.717) is 62.8 Å². The van der Waals surface area contributed by atoms with Crippen LogP contribution in [-0.4, -0.2) is 94.2 Å². The van der Waals surface area contributed by atoms with Gasteiger partial charge in [0.15, 0.2) is 5.65 Å². The van der Waals surface area contributed by atoms with Crippen LogP contribution < -0.4 is 14.4 Å². The number of carbonyl (C=O) groups is 2. The molecule has 194 valence electrons. The molecular weight excluding hydrogens is 474 g/mol. The van der Waals surface area contributed by atoms with Crippen LogP contribution in [0.5, 0.6) is 11.6 Å². The largest absolute Gasteiger partial charge is 0.495 e. The fourth-order valence-corrected chi connectivity index (χ4v) is 5.05. The third-order valence-corrected chi connectivity index (χ3v) is 7.35. The number of nitrogens with zero attached hydrogens (tertiary/aromatic N) is 7. The van der Waals surface area contributed by atoms with Gasteiger partial charge in [0.1, 0.15) is 17.7 Å². The first kappa shape index (κ1) is 23.5. The molecule has 0 bridgehead atoms. The monoisotopic (exact) mass is 505 g/mol. The van der Waals surface area contributed by atoms with Gasteiger partial charge in [-0.05, 0) is 30.9 Å². The second-order valence-corrected chi connectivity index (χ2v) is 10.1. The van der Waals surface area contributed by atoms with E-state index >= 15 is 0 Å². The fraction of sp³-hybridized carbons (Fsp3) is 0.500. The molecule has 1 saturated carbocycles. The molecule has 5 heterocycles. The predicted octanol–water partition coefficient (Wildman–Crippen LogP) is 1.86. The molecule has 1 aliphatic carbocycles. The minimum atomic E-state index is 0.118. The third kappa shape index (κ3) is 4.77. The molecule has 1 atom stereocenters. The zero-order valence-corrected chi connectivity index (χ0v) is 21.2.